The van der Waals surface area contributed by atoms with Gasteiger partial charge in [0.15, 0.2) is 0 Å². The molecule has 6 nitrogen and oxygen atoms in total. The topological polar surface area (TPSA) is 93.4 Å². The van der Waals surface area contributed by atoms with E-state index in [1.807, 2.05) is 13.8 Å². The highest BCUT2D eigenvalue weighted by atomic mass is 16.5. The number of methoxy groups -OCH3 is 1. The number of ether oxygens (including phenoxy) is 1. The fourth-order valence-electron chi connectivity index (χ4n) is 1.51. The molecule has 1 aromatic carbocycles. The Hall–Kier alpha value is -2.24. The number of amides is 2. The van der Waals surface area contributed by atoms with Gasteiger partial charge < -0.3 is 21.1 Å². The van der Waals surface area contributed by atoms with Crippen LogP contribution in [0.3, 0.4) is 0 Å². The van der Waals surface area contributed by atoms with E-state index >= 15 is 0 Å². The minimum atomic E-state index is -0.384. The first-order valence-electron chi connectivity index (χ1n) is 6.42. The van der Waals surface area contributed by atoms with Crippen LogP contribution in [-0.4, -0.2) is 32.0 Å². The van der Waals surface area contributed by atoms with Gasteiger partial charge in [0, 0.05) is 18.3 Å². The monoisotopic (exact) mass is 279 g/mol. The zero-order chi connectivity index (χ0) is 15.1. The summed E-state index contributed by atoms with van der Waals surface area (Å²) in [4.78, 5) is 23.4. The van der Waals surface area contributed by atoms with E-state index in [1.165, 1.54) is 7.11 Å². The van der Waals surface area contributed by atoms with Crippen molar-refractivity contribution in [3.8, 4) is 5.75 Å². The van der Waals surface area contributed by atoms with E-state index in [4.69, 9.17) is 10.5 Å². The third-order valence-electron chi connectivity index (χ3n) is 2.62. The summed E-state index contributed by atoms with van der Waals surface area (Å²) in [6.07, 6.45) is 0. The molecule has 0 fully saturated rings. The molecule has 0 atom stereocenters. The van der Waals surface area contributed by atoms with Gasteiger partial charge in [-0.05, 0) is 18.1 Å². The van der Waals surface area contributed by atoms with Crippen molar-refractivity contribution in [1.29, 1.82) is 0 Å². The average molecular weight is 279 g/mol. The molecular weight excluding hydrogens is 258 g/mol. The summed E-state index contributed by atoms with van der Waals surface area (Å²) in [6, 6.07) is 4.77. The molecule has 0 bridgehead atoms. The Bertz CT molecular complexity index is 487. The van der Waals surface area contributed by atoms with Crippen LogP contribution in [0.4, 0.5) is 5.69 Å². The summed E-state index contributed by atoms with van der Waals surface area (Å²) < 4.78 is 5.01. The molecular formula is C14H21N3O3. The molecule has 0 aliphatic rings. The average Bonchev–Trinajstić information content (AvgIpc) is 2.42. The molecule has 0 saturated carbocycles. The fourth-order valence-corrected chi connectivity index (χ4v) is 1.51. The van der Waals surface area contributed by atoms with E-state index in [0.29, 0.717) is 29.5 Å². The summed E-state index contributed by atoms with van der Waals surface area (Å²) in [5.74, 6) is 0.338. The highest BCUT2D eigenvalue weighted by Gasteiger charge is 2.11. The summed E-state index contributed by atoms with van der Waals surface area (Å²) in [5.41, 5.74) is 6.39. The molecule has 2 amide bonds. The van der Waals surface area contributed by atoms with Crippen molar-refractivity contribution in [2.75, 3.05) is 25.9 Å². The zero-order valence-electron chi connectivity index (χ0n) is 12.0. The predicted octanol–water partition coefficient (Wildman–Crippen LogP) is 0.779. The number of carbonyl (C=O) groups excluding carboxylic acids is 2. The molecule has 0 unspecified atom stereocenters. The Balaban J connectivity index is 2.53. The van der Waals surface area contributed by atoms with E-state index in [1.54, 1.807) is 18.2 Å². The maximum atomic E-state index is 11.9. The first-order chi connectivity index (χ1) is 9.43. The molecule has 0 radical (unpaired) electrons. The quantitative estimate of drug-likeness (QED) is 0.671. The van der Waals surface area contributed by atoms with Crippen LogP contribution in [-0.2, 0) is 4.79 Å². The Morgan fingerprint density at radius 1 is 1.30 bits per heavy atom. The summed E-state index contributed by atoms with van der Waals surface area (Å²) in [7, 11) is 1.52. The normalized spacial score (nSPS) is 10.2. The number of nitrogens with two attached hydrogens (primary N) is 1. The first kappa shape index (κ1) is 15.8. The highest BCUT2D eigenvalue weighted by molar-refractivity contribution is 6.00. The van der Waals surface area contributed by atoms with Crippen molar-refractivity contribution in [3.05, 3.63) is 23.8 Å². The lowest BCUT2D eigenvalue weighted by atomic mass is 10.1. The standard InChI is InChI=1S/C14H21N3O3/c1-9(2)7-16-13(18)8-17-14(19)11-5-4-10(20-3)6-12(11)15/h4-6,9H,7-8,15H2,1-3H3,(H,16,18)(H,17,19). The molecule has 0 aliphatic heterocycles. The van der Waals surface area contributed by atoms with E-state index in [9.17, 15) is 9.59 Å². The van der Waals surface area contributed by atoms with Crippen LogP contribution >= 0.6 is 0 Å². The van der Waals surface area contributed by atoms with Crippen LogP contribution in [0.15, 0.2) is 18.2 Å². The third-order valence-corrected chi connectivity index (χ3v) is 2.62. The second-order valence-electron chi connectivity index (χ2n) is 4.83. The Kier molecular flexibility index (Phi) is 5.83. The zero-order valence-corrected chi connectivity index (χ0v) is 12.0. The molecule has 0 spiro atoms. The summed E-state index contributed by atoms with van der Waals surface area (Å²) in [6.45, 7) is 4.50. The number of rotatable bonds is 6. The Labute approximate surface area is 118 Å². The Morgan fingerprint density at radius 3 is 2.55 bits per heavy atom. The molecule has 110 valence electrons. The van der Waals surface area contributed by atoms with Crippen LogP contribution < -0.4 is 21.1 Å². The van der Waals surface area contributed by atoms with Crippen LogP contribution in [0, 0.1) is 5.92 Å². The maximum absolute atomic E-state index is 11.9. The highest BCUT2D eigenvalue weighted by Crippen LogP contribution is 2.19. The SMILES string of the molecule is COc1ccc(C(=O)NCC(=O)NCC(C)C)c(N)c1. The minimum Gasteiger partial charge on any atom is -0.497 e. The number of carbonyl (C=O) groups is 2. The number of hydrogen-bond donors (Lipinski definition) is 3. The van der Waals surface area contributed by atoms with Crippen molar-refractivity contribution < 1.29 is 14.3 Å². The number of benzene rings is 1. The van der Waals surface area contributed by atoms with E-state index in [2.05, 4.69) is 10.6 Å². The predicted molar refractivity (Wildman–Crippen MR) is 77.6 cm³/mol. The van der Waals surface area contributed by atoms with Gasteiger partial charge in [0.05, 0.1) is 19.2 Å². The molecule has 0 saturated heterocycles. The van der Waals surface area contributed by atoms with Crippen LogP contribution in [0.25, 0.3) is 0 Å². The third kappa shape index (κ3) is 4.79. The van der Waals surface area contributed by atoms with Gasteiger partial charge in [-0.3, -0.25) is 9.59 Å². The van der Waals surface area contributed by atoms with Crippen molar-refractivity contribution in [1.82, 2.24) is 10.6 Å². The van der Waals surface area contributed by atoms with Gasteiger partial charge in [0.1, 0.15) is 5.75 Å². The minimum absolute atomic E-state index is 0.0724. The molecule has 1 aromatic rings. The van der Waals surface area contributed by atoms with Gasteiger partial charge in [0.2, 0.25) is 5.91 Å². The smallest absolute Gasteiger partial charge is 0.253 e. The Morgan fingerprint density at radius 2 is 2.00 bits per heavy atom. The molecule has 1 rings (SSSR count). The van der Waals surface area contributed by atoms with Crippen molar-refractivity contribution >= 4 is 17.5 Å². The molecule has 0 aliphatic carbocycles. The van der Waals surface area contributed by atoms with Gasteiger partial charge in [-0.25, -0.2) is 0 Å². The number of nitrogen functional groups attached to an aromatic ring is 1. The molecule has 0 aromatic heterocycles. The van der Waals surface area contributed by atoms with Crippen LogP contribution in [0.1, 0.15) is 24.2 Å². The van der Waals surface area contributed by atoms with Crippen molar-refractivity contribution in [3.63, 3.8) is 0 Å². The number of hydrogen-bond acceptors (Lipinski definition) is 4. The van der Waals surface area contributed by atoms with Crippen molar-refractivity contribution in [2.24, 2.45) is 5.92 Å². The lowest BCUT2D eigenvalue weighted by Crippen LogP contribution is -2.38. The van der Waals surface area contributed by atoms with Crippen molar-refractivity contribution in [2.45, 2.75) is 13.8 Å². The van der Waals surface area contributed by atoms with Gasteiger partial charge in [-0.2, -0.15) is 0 Å². The number of nitrogens with one attached hydrogen (secondary N) is 2. The lowest BCUT2D eigenvalue weighted by molar-refractivity contribution is -0.120. The van der Waals surface area contributed by atoms with E-state index < -0.39 is 0 Å². The molecule has 0 heterocycles. The first-order valence-corrected chi connectivity index (χ1v) is 6.42. The van der Waals surface area contributed by atoms with Crippen LogP contribution in [0.2, 0.25) is 0 Å². The van der Waals surface area contributed by atoms with E-state index in [-0.39, 0.29) is 18.4 Å². The van der Waals surface area contributed by atoms with E-state index in [0.717, 1.165) is 0 Å². The summed E-state index contributed by atoms with van der Waals surface area (Å²) >= 11 is 0. The van der Waals surface area contributed by atoms with Gasteiger partial charge in [0.25, 0.3) is 5.91 Å². The molecule has 4 N–H and O–H groups in total. The largest absolute Gasteiger partial charge is 0.497 e. The number of anilines is 1. The second kappa shape index (κ2) is 7.37. The fraction of sp³-hybridized carbons (Fsp3) is 0.429. The van der Waals surface area contributed by atoms with Gasteiger partial charge in [-0.1, -0.05) is 13.8 Å². The van der Waals surface area contributed by atoms with Gasteiger partial charge in [-0.15, -0.1) is 0 Å². The summed E-state index contributed by atoms with van der Waals surface area (Å²) in [5, 5.41) is 5.25. The second-order valence-corrected chi connectivity index (χ2v) is 4.83. The molecule has 20 heavy (non-hydrogen) atoms. The molecule has 6 heteroatoms. The van der Waals surface area contributed by atoms with Crippen LogP contribution in [0.5, 0.6) is 5.75 Å². The lowest BCUT2D eigenvalue weighted by Gasteiger charge is -2.10. The maximum Gasteiger partial charge on any atom is 0.253 e. The van der Waals surface area contributed by atoms with Gasteiger partial charge >= 0.3 is 0 Å².